The van der Waals surface area contributed by atoms with Crippen LogP contribution in [0.3, 0.4) is 0 Å². The molecule has 0 aliphatic carbocycles. The summed E-state index contributed by atoms with van der Waals surface area (Å²) in [5, 5.41) is 11.6. The molecule has 0 spiro atoms. The van der Waals surface area contributed by atoms with Crippen molar-refractivity contribution in [2.75, 3.05) is 12.0 Å². The smallest absolute Gasteiger partial charge is 0.301 e. The van der Waals surface area contributed by atoms with Crippen LogP contribution in [0.15, 0.2) is 72.6 Å². The molecule has 1 unspecified atom stereocenters. The monoisotopic (exact) mass is 457 g/mol. The maximum Gasteiger partial charge on any atom is 0.301 e. The van der Waals surface area contributed by atoms with Gasteiger partial charge in [0.25, 0.3) is 5.78 Å². The first-order chi connectivity index (χ1) is 16.0. The number of carbonyl (C=O) groups excluding carboxylic acids is 2. The van der Waals surface area contributed by atoms with Crippen LogP contribution in [0.1, 0.15) is 22.7 Å². The number of methoxy groups -OCH3 is 1. The van der Waals surface area contributed by atoms with Gasteiger partial charge in [-0.2, -0.15) is 0 Å². The first-order valence-corrected chi connectivity index (χ1v) is 11.0. The molecule has 2 aromatic carbocycles. The number of thiazole rings is 1. The Balaban J connectivity index is 1.72. The number of rotatable bonds is 4. The fraction of sp³-hybridized carbons (Fsp3) is 0.120. The number of nitrogens with zero attached hydrogens (tertiary/aromatic N) is 3. The topological polar surface area (TPSA) is 92.6 Å². The van der Waals surface area contributed by atoms with Crippen LogP contribution < -0.4 is 9.64 Å². The Kier molecular flexibility index (Phi) is 5.14. The molecular formula is C25H19N3O4S. The number of carbonyl (C=O) groups is 2. The summed E-state index contributed by atoms with van der Waals surface area (Å²) in [6.07, 6.45) is 3.18. The average Bonchev–Trinajstić information content (AvgIpc) is 3.37. The summed E-state index contributed by atoms with van der Waals surface area (Å²) in [5.41, 5.74) is 2.61. The van der Waals surface area contributed by atoms with Crippen LogP contribution in [-0.2, 0) is 9.59 Å². The lowest BCUT2D eigenvalue weighted by atomic mass is 9.95. The van der Waals surface area contributed by atoms with E-state index >= 15 is 0 Å². The van der Waals surface area contributed by atoms with Gasteiger partial charge in [0.2, 0.25) is 0 Å². The van der Waals surface area contributed by atoms with Crippen LogP contribution in [0.2, 0.25) is 0 Å². The number of aliphatic hydroxyl groups is 1. The summed E-state index contributed by atoms with van der Waals surface area (Å²) < 4.78 is 6.19. The molecule has 8 heteroatoms. The fourth-order valence-corrected chi connectivity index (χ4v) is 5.03. The molecule has 1 fully saturated rings. The zero-order valence-electron chi connectivity index (χ0n) is 17.9. The molecule has 33 heavy (non-hydrogen) atoms. The van der Waals surface area contributed by atoms with E-state index in [0.29, 0.717) is 22.0 Å². The quantitative estimate of drug-likeness (QED) is 0.273. The number of para-hydroxylation sites is 1. The van der Waals surface area contributed by atoms with Crippen molar-refractivity contribution in [3.05, 3.63) is 89.3 Å². The maximum absolute atomic E-state index is 13.2. The van der Waals surface area contributed by atoms with Gasteiger partial charge in [-0.3, -0.25) is 19.5 Å². The molecule has 1 amide bonds. The van der Waals surface area contributed by atoms with Gasteiger partial charge in [-0.25, -0.2) is 4.98 Å². The van der Waals surface area contributed by atoms with Gasteiger partial charge in [0.15, 0.2) is 5.13 Å². The number of aliphatic hydroxyl groups excluding tert-OH is 1. The molecule has 164 valence electrons. The zero-order chi connectivity index (χ0) is 23.1. The number of hydrogen-bond acceptors (Lipinski definition) is 7. The minimum atomic E-state index is -0.837. The molecule has 7 nitrogen and oxygen atoms in total. The van der Waals surface area contributed by atoms with Crippen LogP contribution in [0.25, 0.3) is 16.0 Å². The van der Waals surface area contributed by atoms with Crippen molar-refractivity contribution in [3.8, 4) is 5.75 Å². The van der Waals surface area contributed by atoms with Gasteiger partial charge in [-0.15, -0.1) is 0 Å². The predicted octanol–water partition coefficient (Wildman–Crippen LogP) is 4.63. The highest BCUT2D eigenvalue weighted by molar-refractivity contribution is 7.22. The number of fused-ring (bicyclic) bond motifs is 1. The van der Waals surface area contributed by atoms with Gasteiger partial charge in [0.05, 0.1) is 28.9 Å². The van der Waals surface area contributed by atoms with Crippen LogP contribution in [0.5, 0.6) is 5.75 Å². The third-order valence-electron chi connectivity index (χ3n) is 5.62. The minimum Gasteiger partial charge on any atom is -0.507 e. The number of pyridine rings is 1. The summed E-state index contributed by atoms with van der Waals surface area (Å²) in [6, 6.07) is 15.2. The summed E-state index contributed by atoms with van der Waals surface area (Å²) in [6.45, 7) is 1.84. The van der Waals surface area contributed by atoms with E-state index < -0.39 is 17.7 Å². The fourth-order valence-electron chi connectivity index (χ4n) is 4.04. The SMILES string of the molecule is COc1ccc(/C(O)=C2\C(=O)C(=O)N(c3nc4ccccc4s3)C2c2ccncc2)cc1C. The van der Waals surface area contributed by atoms with Gasteiger partial charge < -0.3 is 9.84 Å². The van der Waals surface area contributed by atoms with Crippen molar-refractivity contribution < 1.29 is 19.4 Å². The molecule has 3 heterocycles. The lowest BCUT2D eigenvalue weighted by Gasteiger charge is -2.22. The molecule has 1 atom stereocenters. The van der Waals surface area contributed by atoms with Crippen molar-refractivity contribution in [1.82, 2.24) is 9.97 Å². The van der Waals surface area contributed by atoms with E-state index in [1.807, 2.05) is 31.2 Å². The zero-order valence-corrected chi connectivity index (χ0v) is 18.7. The number of anilines is 1. The van der Waals surface area contributed by atoms with Crippen LogP contribution in [0.4, 0.5) is 5.13 Å². The van der Waals surface area contributed by atoms with Gasteiger partial charge in [-0.05, 0) is 60.5 Å². The number of Topliss-reactive ketones (excluding diaryl/α,β-unsaturated/α-hetero) is 1. The lowest BCUT2D eigenvalue weighted by Crippen LogP contribution is -2.29. The van der Waals surface area contributed by atoms with E-state index in [-0.39, 0.29) is 11.3 Å². The second-order valence-corrected chi connectivity index (χ2v) is 8.61. The number of ketones is 1. The Morgan fingerprint density at radius 2 is 1.85 bits per heavy atom. The predicted molar refractivity (Wildman–Crippen MR) is 126 cm³/mol. The molecule has 1 aliphatic rings. The van der Waals surface area contributed by atoms with Crippen molar-refractivity contribution >= 4 is 44.1 Å². The van der Waals surface area contributed by atoms with E-state index in [1.54, 1.807) is 49.8 Å². The van der Waals surface area contributed by atoms with Crippen molar-refractivity contribution in [3.63, 3.8) is 0 Å². The van der Waals surface area contributed by atoms with Crippen molar-refractivity contribution in [2.24, 2.45) is 0 Å². The molecule has 5 rings (SSSR count). The number of aryl methyl sites for hydroxylation is 1. The lowest BCUT2D eigenvalue weighted by molar-refractivity contribution is -0.132. The Hall–Kier alpha value is -4.04. The first kappa shape index (κ1) is 20.8. The van der Waals surface area contributed by atoms with Crippen molar-refractivity contribution in [2.45, 2.75) is 13.0 Å². The van der Waals surface area contributed by atoms with E-state index in [2.05, 4.69) is 9.97 Å². The molecule has 0 bridgehead atoms. The minimum absolute atomic E-state index is 0.00928. The Morgan fingerprint density at radius 3 is 2.55 bits per heavy atom. The number of amides is 1. The molecular weight excluding hydrogens is 438 g/mol. The van der Waals surface area contributed by atoms with E-state index in [4.69, 9.17) is 4.74 Å². The van der Waals surface area contributed by atoms with E-state index in [9.17, 15) is 14.7 Å². The summed E-state index contributed by atoms with van der Waals surface area (Å²) in [4.78, 5) is 36.5. The van der Waals surface area contributed by atoms with E-state index in [0.717, 1.165) is 15.8 Å². The van der Waals surface area contributed by atoms with Gasteiger partial charge >= 0.3 is 5.91 Å². The van der Waals surface area contributed by atoms with Gasteiger partial charge in [0.1, 0.15) is 11.5 Å². The number of aromatic nitrogens is 2. The van der Waals surface area contributed by atoms with E-state index in [1.165, 1.54) is 16.2 Å². The second-order valence-electron chi connectivity index (χ2n) is 7.60. The normalized spacial score (nSPS) is 17.6. The van der Waals surface area contributed by atoms with Crippen LogP contribution in [0, 0.1) is 6.92 Å². The first-order valence-electron chi connectivity index (χ1n) is 10.2. The molecule has 1 N–H and O–H groups in total. The van der Waals surface area contributed by atoms with Crippen LogP contribution in [-0.4, -0.2) is 33.9 Å². The largest absolute Gasteiger partial charge is 0.507 e. The Morgan fingerprint density at radius 1 is 1.09 bits per heavy atom. The molecule has 0 saturated carbocycles. The molecule has 1 aliphatic heterocycles. The molecule has 0 radical (unpaired) electrons. The molecule has 2 aromatic heterocycles. The highest BCUT2D eigenvalue weighted by atomic mass is 32.1. The highest BCUT2D eigenvalue weighted by Crippen LogP contribution is 2.44. The molecule has 1 saturated heterocycles. The maximum atomic E-state index is 13.2. The summed E-state index contributed by atoms with van der Waals surface area (Å²) in [5.74, 6) is -1.08. The Bertz CT molecular complexity index is 1400. The number of hydrogen-bond donors (Lipinski definition) is 1. The average molecular weight is 458 g/mol. The molecule has 4 aromatic rings. The summed E-state index contributed by atoms with van der Waals surface area (Å²) >= 11 is 1.32. The highest BCUT2D eigenvalue weighted by Gasteiger charge is 2.48. The van der Waals surface area contributed by atoms with Crippen LogP contribution >= 0.6 is 11.3 Å². The van der Waals surface area contributed by atoms with Gasteiger partial charge in [-0.1, -0.05) is 23.5 Å². The number of benzene rings is 2. The standard InChI is InChI=1S/C25H19N3O4S/c1-14-13-16(7-8-18(14)32-2)22(29)20-21(15-9-11-26-12-10-15)28(24(31)23(20)30)25-27-17-5-3-4-6-19(17)33-25/h3-13,21,29H,1-2H3/b22-20+. The third kappa shape index (κ3) is 3.44. The van der Waals surface area contributed by atoms with Gasteiger partial charge in [0, 0.05) is 18.0 Å². The summed E-state index contributed by atoms with van der Waals surface area (Å²) in [7, 11) is 1.56. The van der Waals surface area contributed by atoms with Crippen molar-refractivity contribution in [1.29, 1.82) is 0 Å². The second kappa shape index (κ2) is 8.14. The number of ether oxygens (including phenoxy) is 1. The Labute approximate surface area is 193 Å². The third-order valence-corrected chi connectivity index (χ3v) is 6.66.